The number of methoxy groups -OCH3 is 1. The quantitative estimate of drug-likeness (QED) is 0.835. The molecule has 0 radical (unpaired) electrons. The van der Waals surface area contributed by atoms with Gasteiger partial charge in [-0.25, -0.2) is 4.79 Å². The summed E-state index contributed by atoms with van der Waals surface area (Å²) in [4.78, 5) is 11.8. The first-order valence-electron chi connectivity index (χ1n) is 6.83. The van der Waals surface area contributed by atoms with E-state index < -0.39 is 0 Å². The molecule has 1 N–H and O–H groups in total. The number of anilines is 1. The third-order valence-corrected chi connectivity index (χ3v) is 4.20. The highest BCUT2D eigenvalue weighted by Gasteiger charge is 2.41. The van der Waals surface area contributed by atoms with Gasteiger partial charge < -0.3 is 10.1 Å². The van der Waals surface area contributed by atoms with Gasteiger partial charge in [0.05, 0.1) is 18.4 Å². The normalized spacial score (nSPS) is 18.5. The second-order valence-electron chi connectivity index (χ2n) is 5.53. The van der Waals surface area contributed by atoms with Gasteiger partial charge in [0.25, 0.3) is 0 Å². The van der Waals surface area contributed by atoms with Crippen LogP contribution in [0, 0.1) is 11.8 Å². The molecule has 3 rings (SSSR count). The summed E-state index contributed by atoms with van der Waals surface area (Å²) in [6, 6.07) is 5.77. The van der Waals surface area contributed by atoms with E-state index in [2.05, 4.69) is 5.32 Å². The molecule has 19 heavy (non-hydrogen) atoms. The number of benzene rings is 1. The summed E-state index contributed by atoms with van der Waals surface area (Å²) < 4.78 is 4.83. The van der Waals surface area contributed by atoms with E-state index in [1.807, 2.05) is 6.07 Å². The number of hydrogen-bond donors (Lipinski definition) is 1. The highest BCUT2D eigenvalue weighted by Crippen LogP contribution is 2.46. The van der Waals surface area contributed by atoms with Gasteiger partial charge in [-0.3, -0.25) is 0 Å². The standard InChI is InChI=1S/C15H18ClNO2/c1-19-15(18)12-7-6-11(16)8-13(12)17-14(9-2-3-9)10-4-5-10/h6-10,14,17H,2-5H2,1H3. The summed E-state index contributed by atoms with van der Waals surface area (Å²) in [6.45, 7) is 0. The maximum absolute atomic E-state index is 11.8. The van der Waals surface area contributed by atoms with Crippen LogP contribution < -0.4 is 5.32 Å². The Morgan fingerprint density at radius 3 is 2.47 bits per heavy atom. The average Bonchev–Trinajstić information content (AvgIpc) is 3.28. The zero-order valence-corrected chi connectivity index (χ0v) is 11.7. The van der Waals surface area contributed by atoms with Crippen LogP contribution in [0.4, 0.5) is 5.69 Å². The van der Waals surface area contributed by atoms with E-state index >= 15 is 0 Å². The molecule has 4 heteroatoms. The molecular formula is C15H18ClNO2. The van der Waals surface area contributed by atoms with Crippen LogP contribution in [0.15, 0.2) is 18.2 Å². The van der Waals surface area contributed by atoms with Crippen molar-refractivity contribution < 1.29 is 9.53 Å². The van der Waals surface area contributed by atoms with Crippen LogP contribution >= 0.6 is 11.6 Å². The van der Waals surface area contributed by atoms with Crippen molar-refractivity contribution in [2.45, 2.75) is 31.7 Å². The van der Waals surface area contributed by atoms with Crippen LogP contribution in [-0.2, 0) is 4.74 Å². The molecule has 2 aliphatic rings. The van der Waals surface area contributed by atoms with Crippen molar-refractivity contribution in [2.24, 2.45) is 11.8 Å². The molecule has 0 saturated heterocycles. The molecule has 0 atom stereocenters. The van der Waals surface area contributed by atoms with Gasteiger partial charge >= 0.3 is 5.97 Å². The minimum absolute atomic E-state index is 0.315. The maximum atomic E-state index is 11.8. The molecular weight excluding hydrogens is 262 g/mol. The smallest absolute Gasteiger partial charge is 0.339 e. The molecule has 0 aromatic heterocycles. The van der Waals surface area contributed by atoms with Crippen LogP contribution in [0.2, 0.25) is 5.02 Å². The lowest BCUT2D eigenvalue weighted by Crippen LogP contribution is -2.25. The fourth-order valence-electron chi connectivity index (χ4n) is 2.63. The largest absolute Gasteiger partial charge is 0.465 e. The van der Waals surface area contributed by atoms with E-state index in [9.17, 15) is 4.79 Å². The second-order valence-corrected chi connectivity index (χ2v) is 5.96. The monoisotopic (exact) mass is 279 g/mol. The lowest BCUT2D eigenvalue weighted by Gasteiger charge is -2.21. The molecule has 3 nitrogen and oxygen atoms in total. The zero-order chi connectivity index (χ0) is 13.4. The molecule has 0 heterocycles. The number of hydrogen-bond acceptors (Lipinski definition) is 3. The minimum atomic E-state index is -0.315. The van der Waals surface area contributed by atoms with Gasteiger partial charge in [0.2, 0.25) is 0 Å². The topological polar surface area (TPSA) is 38.3 Å². The SMILES string of the molecule is COC(=O)c1ccc(Cl)cc1NC(C1CC1)C1CC1. The van der Waals surface area contributed by atoms with Crippen LogP contribution in [0.5, 0.6) is 0 Å². The van der Waals surface area contributed by atoms with Crippen molar-refractivity contribution in [3.63, 3.8) is 0 Å². The van der Waals surface area contributed by atoms with Gasteiger partial charge in [0, 0.05) is 11.1 Å². The lowest BCUT2D eigenvalue weighted by atomic mass is 10.1. The Balaban J connectivity index is 1.85. The Bertz CT molecular complexity index is 483. The Morgan fingerprint density at radius 1 is 1.32 bits per heavy atom. The number of nitrogens with one attached hydrogen (secondary N) is 1. The minimum Gasteiger partial charge on any atom is -0.465 e. The first-order valence-corrected chi connectivity index (χ1v) is 7.21. The van der Waals surface area contributed by atoms with Crippen LogP contribution in [-0.4, -0.2) is 19.1 Å². The number of carbonyl (C=O) groups excluding carboxylic acids is 1. The lowest BCUT2D eigenvalue weighted by molar-refractivity contribution is 0.0602. The van der Waals surface area contributed by atoms with Gasteiger partial charge in [-0.2, -0.15) is 0 Å². The second kappa shape index (κ2) is 5.04. The van der Waals surface area contributed by atoms with Crippen molar-refractivity contribution in [1.82, 2.24) is 0 Å². The molecule has 0 aliphatic heterocycles. The molecule has 0 unspecified atom stereocenters. The summed E-state index contributed by atoms with van der Waals surface area (Å²) in [5.74, 6) is 1.21. The molecule has 1 aromatic carbocycles. The molecule has 2 fully saturated rings. The molecule has 1 aromatic rings. The highest BCUT2D eigenvalue weighted by molar-refractivity contribution is 6.31. The fraction of sp³-hybridized carbons (Fsp3) is 0.533. The van der Waals surface area contributed by atoms with Crippen LogP contribution in [0.25, 0.3) is 0 Å². The Hall–Kier alpha value is -1.22. The van der Waals surface area contributed by atoms with Crippen molar-refractivity contribution in [1.29, 1.82) is 0 Å². The number of halogens is 1. The van der Waals surface area contributed by atoms with Crippen molar-refractivity contribution in [3.8, 4) is 0 Å². The number of esters is 1. The van der Waals surface area contributed by atoms with Crippen molar-refractivity contribution >= 4 is 23.3 Å². The molecule has 0 bridgehead atoms. The first-order chi connectivity index (χ1) is 9.19. The van der Waals surface area contributed by atoms with E-state index in [1.165, 1.54) is 32.8 Å². The van der Waals surface area contributed by atoms with E-state index in [0.717, 1.165) is 17.5 Å². The third kappa shape index (κ3) is 2.86. The molecule has 2 saturated carbocycles. The Morgan fingerprint density at radius 2 is 1.95 bits per heavy atom. The van der Waals surface area contributed by atoms with Crippen molar-refractivity contribution in [3.05, 3.63) is 28.8 Å². The summed E-state index contributed by atoms with van der Waals surface area (Å²) in [5.41, 5.74) is 1.38. The van der Waals surface area contributed by atoms with Gasteiger partial charge in [-0.15, -0.1) is 0 Å². The number of ether oxygens (including phenoxy) is 1. The Labute approximate surface area is 118 Å². The first kappa shape index (κ1) is 12.8. The average molecular weight is 280 g/mol. The predicted octanol–water partition coefficient (Wildman–Crippen LogP) is 3.73. The van der Waals surface area contributed by atoms with E-state index in [1.54, 1.807) is 12.1 Å². The van der Waals surface area contributed by atoms with E-state index in [0.29, 0.717) is 16.6 Å². The summed E-state index contributed by atoms with van der Waals surface area (Å²) >= 11 is 6.05. The number of carbonyl (C=O) groups is 1. The van der Waals surface area contributed by atoms with Crippen LogP contribution in [0.3, 0.4) is 0 Å². The van der Waals surface area contributed by atoms with Crippen LogP contribution in [0.1, 0.15) is 36.0 Å². The summed E-state index contributed by atoms with van der Waals surface area (Å²) in [7, 11) is 1.40. The highest BCUT2D eigenvalue weighted by atomic mass is 35.5. The molecule has 0 spiro atoms. The van der Waals surface area contributed by atoms with Gasteiger partial charge in [-0.1, -0.05) is 11.6 Å². The van der Waals surface area contributed by atoms with Gasteiger partial charge in [0.15, 0.2) is 0 Å². The predicted molar refractivity (Wildman–Crippen MR) is 75.7 cm³/mol. The van der Waals surface area contributed by atoms with E-state index in [-0.39, 0.29) is 5.97 Å². The third-order valence-electron chi connectivity index (χ3n) is 3.97. The van der Waals surface area contributed by atoms with E-state index in [4.69, 9.17) is 16.3 Å². The zero-order valence-electron chi connectivity index (χ0n) is 11.0. The van der Waals surface area contributed by atoms with Gasteiger partial charge in [0.1, 0.15) is 0 Å². The summed E-state index contributed by atoms with van der Waals surface area (Å²) in [6.07, 6.45) is 5.18. The molecule has 102 valence electrons. The molecule has 0 amide bonds. The van der Waals surface area contributed by atoms with Gasteiger partial charge in [-0.05, 0) is 55.7 Å². The number of rotatable bonds is 5. The van der Waals surface area contributed by atoms with Crippen molar-refractivity contribution in [2.75, 3.05) is 12.4 Å². The maximum Gasteiger partial charge on any atom is 0.339 e. The fourth-order valence-corrected chi connectivity index (χ4v) is 2.81. The molecule has 2 aliphatic carbocycles. The Kier molecular flexibility index (Phi) is 3.40. The summed E-state index contributed by atoms with van der Waals surface area (Å²) in [5, 5.41) is 4.18.